The third-order valence-corrected chi connectivity index (χ3v) is 3.08. The van der Waals surface area contributed by atoms with Crippen LogP contribution >= 0.6 is 0 Å². The van der Waals surface area contributed by atoms with Gasteiger partial charge in [-0.2, -0.15) is 0 Å². The topological polar surface area (TPSA) is 21.3 Å². The van der Waals surface area contributed by atoms with E-state index in [0.29, 0.717) is 5.41 Å². The normalized spacial score (nSPS) is 20.0. The summed E-state index contributed by atoms with van der Waals surface area (Å²) < 4.78 is 4.97. The van der Waals surface area contributed by atoms with E-state index in [2.05, 4.69) is 19.2 Å². The number of ether oxygens (including phenoxy) is 1. The predicted molar refractivity (Wildman–Crippen MR) is 51.3 cm³/mol. The molecular formula is C10H21NO. The molecule has 1 fully saturated rings. The van der Waals surface area contributed by atoms with Gasteiger partial charge in [-0.15, -0.1) is 0 Å². The van der Waals surface area contributed by atoms with Gasteiger partial charge in [0.1, 0.15) is 0 Å². The molecule has 0 amide bonds. The monoisotopic (exact) mass is 171 g/mol. The van der Waals surface area contributed by atoms with Crippen LogP contribution in [0.4, 0.5) is 0 Å². The second-order valence-corrected chi connectivity index (χ2v) is 4.19. The third-order valence-electron chi connectivity index (χ3n) is 3.08. The summed E-state index contributed by atoms with van der Waals surface area (Å²) in [6.07, 6.45) is 2.81. The highest BCUT2D eigenvalue weighted by Gasteiger charge is 2.44. The number of hydrogen-bond acceptors (Lipinski definition) is 2. The van der Waals surface area contributed by atoms with Gasteiger partial charge in [-0.25, -0.2) is 0 Å². The molecule has 2 nitrogen and oxygen atoms in total. The van der Waals surface area contributed by atoms with Crippen LogP contribution in [0.3, 0.4) is 0 Å². The molecule has 0 atom stereocenters. The van der Waals surface area contributed by atoms with Crippen LogP contribution in [0, 0.1) is 11.3 Å². The van der Waals surface area contributed by atoms with Crippen LogP contribution in [0.2, 0.25) is 0 Å². The van der Waals surface area contributed by atoms with Crippen molar-refractivity contribution in [1.82, 2.24) is 5.32 Å². The average molecular weight is 171 g/mol. The van der Waals surface area contributed by atoms with Gasteiger partial charge in [0.2, 0.25) is 0 Å². The summed E-state index contributed by atoms with van der Waals surface area (Å²) in [6, 6.07) is 0. The Balaban J connectivity index is 2.06. The molecule has 0 saturated heterocycles. The van der Waals surface area contributed by atoms with Gasteiger partial charge in [-0.05, 0) is 24.2 Å². The zero-order valence-electron chi connectivity index (χ0n) is 8.52. The highest BCUT2D eigenvalue weighted by atomic mass is 16.5. The smallest absolute Gasteiger partial charge is 0.0587 e. The quantitative estimate of drug-likeness (QED) is 0.614. The first-order valence-electron chi connectivity index (χ1n) is 4.91. The Morgan fingerprint density at radius 3 is 2.50 bits per heavy atom. The minimum absolute atomic E-state index is 0.633. The van der Waals surface area contributed by atoms with Crippen LogP contribution < -0.4 is 5.32 Å². The van der Waals surface area contributed by atoms with Crippen molar-refractivity contribution in [3.05, 3.63) is 0 Å². The lowest BCUT2D eigenvalue weighted by molar-refractivity contribution is 0.194. The lowest BCUT2D eigenvalue weighted by Gasteiger charge is -2.19. The summed E-state index contributed by atoms with van der Waals surface area (Å²) in [6.45, 7) is 7.64. The Hall–Kier alpha value is -0.0800. The van der Waals surface area contributed by atoms with Crippen molar-refractivity contribution in [3.63, 3.8) is 0 Å². The van der Waals surface area contributed by atoms with E-state index in [1.54, 1.807) is 7.11 Å². The second kappa shape index (κ2) is 4.24. The molecule has 2 heteroatoms. The van der Waals surface area contributed by atoms with E-state index in [1.807, 2.05) is 0 Å². The van der Waals surface area contributed by atoms with Gasteiger partial charge in [-0.1, -0.05) is 13.8 Å². The number of methoxy groups -OCH3 is 1. The fourth-order valence-electron chi connectivity index (χ4n) is 1.63. The van der Waals surface area contributed by atoms with Crippen molar-refractivity contribution in [2.45, 2.75) is 26.7 Å². The third kappa shape index (κ3) is 2.46. The Morgan fingerprint density at radius 2 is 2.08 bits per heavy atom. The number of hydrogen-bond donors (Lipinski definition) is 1. The lowest BCUT2D eigenvalue weighted by atomic mass is 9.92. The number of nitrogens with one attached hydrogen (secondary N) is 1. The fraction of sp³-hybridized carbons (Fsp3) is 1.00. The molecule has 0 heterocycles. The largest absolute Gasteiger partial charge is 0.383 e. The first kappa shape index (κ1) is 10.0. The van der Waals surface area contributed by atoms with Crippen LogP contribution in [0.1, 0.15) is 26.7 Å². The Bertz CT molecular complexity index is 130. The molecule has 12 heavy (non-hydrogen) atoms. The van der Waals surface area contributed by atoms with Crippen molar-refractivity contribution < 1.29 is 4.74 Å². The van der Waals surface area contributed by atoms with E-state index in [4.69, 9.17) is 4.74 Å². The summed E-state index contributed by atoms with van der Waals surface area (Å²) >= 11 is 0. The minimum Gasteiger partial charge on any atom is -0.383 e. The van der Waals surface area contributed by atoms with Crippen LogP contribution in [0.5, 0.6) is 0 Å². The maximum absolute atomic E-state index is 4.97. The van der Waals surface area contributed by atoms with E-state index in [9.17, 15) is 0 Å². The molecule has 72 valence electrons. The van der Waals surface area contributed by atoms with E-state index < -0.39 is 0 Å². The molecule has 1 saturated carbocycles. The van der Waals surface area contributed by atoms with Crippen molar-refractivity contribution in [2.75, 3.05) is 26.8 Å². The van der Waals surface area contributed by atoms with Crippen molar-refractivity contribution >= 4 is 0 Å². The van der Waals surface area contributed by atoms with Crippen LogP contribution in [-0.4, -0.2) is 26.8 Å². The molecule has 1 rings (SSSR count). The summed E-state index contributed by atoms with van der Waals surface area (Å²) in [4.78, 5) is 0. The van der Waals surface area contributed by atoms with E-state index in [-0.39, 0.29) is 0 Å². The standard InChI is InChI=1S/C10H21NO/c1-9(2)10(4-5-10)8-11-6-7-12-3/h9,11H,4-8H2,1-3H3. The van der Waals surface area contributed by atoms with Crippen LogP contribution in [0.15, 0.2) is 0 Å². The summed E-state index contributed by atoms with van der Waals surface area (Å²) in [5, 5.41) is 3.45. The van der Waals surface area contributed by atoms with E-state index in [0.717, 1.165) is 19.1 Å². The van der Waals surface area contributed by atoms with Crippen molar-refractivity contribution in [1.29, 1.82) is 0 Å². The highest BCUT2D eigenvalue weighted by Crippen LogP contribution is 2.51. The maximum Gasteiger partial charge on any atom is 0.0587 e. The molecule has 0 spiro atoms. The minimum atomic E-state index is 0.633. The maximum atomic E-state index is 4.97. The van der Waals surface area contributed by atoms with Gasteiger partial charge in [-0.3, -0.25) is 0 Å². The molecular weight excluding hydrogens is 150 g/mol. The van der Waals surface area contributed by atoms with Crippen molar-refractivity contribution in [3.8, 4) is 0 Å². The summed E-state index contributed by atoms with van der Waals surface area (Å²) in [5.41, 5.74) is 0.633. The molecule has 0 aromatic heterocycles. The fourth-order valence-corrected chi connectivity index (χ4v) is 1.63. The van der Waals surface area contributed by atoms with Gasteiger partial charge >= 0.3 is 0 Å². The van der Waals surface area contributed by atoms with Gasteiger partial charge in [0.25, 0.3) is 0 Å². The molecule has 0 radical (unpaired) electrons. The first-order valence-corrected chi connectivity index (χ1v) is 4.91. The Kier molecular flexibility index (Phi) is 3.53. The summed E-state index contributed by atoms with van der Waals surface area (Å²) in [5.74, 6) is 0.826. The van der Waals surface area contributed by atoms with E-state index >= 15 is 0 Å². The predicted octanol–water partition coefficient (Wildman–Crippen LogP) is 1.66. The molecule has 0 aliphatic heterocycles. The Labute approximate surface area is 75.7 Å². The molecule has 1 aliphatic rings. The molecule has 0 aromatic rings. The molecule has 1 aliphatic carbocycles. The van der Waals surface area contributed by atoms with Gasteiger partial charge in [0, 0.05) is 20.2 Å². The molecule has 0 bridgehead atoms. The molecule has 1 N–H and O–H groups in total. The zero-order valence-corrected chi connectivity index (χ0v) is 8.52. The second-order valence-electron chi connectivity index (χ2n) is 4.19. The summed E-state index contributed by atoms with van der Waals surface area (Å²) in [7, 11) is 1.75. The first-order chi connectivity index (χ1) is 5.71. The molecule has 0 aromatic carbocycles. The average Bonchev–Trinajstić information content (AvgIpc) is 2.79. The van der Waals surface area contributed by atoms with Gasteiger partial charge in [0.05, 0.1) is 6.61 Å². The van der Waals surface area contributed by atoms with Crippen LogP contribution in [-0.2, 0) is 4.74 Å². The van der Waals surface area contributed by atoms with Crippen molar-refractivity contribution in [2.24, 2.45) is 11.3 Å². The lowest BCUT2D eigenvalue weighted by Crippen LogP contribution is -2.29. The zero-order chi connectivity index (χ0) is 9.03. The van der Waals surface area contributed by atoms with Gasteiger partial charge < -0.3 is 10.1 Å². The highest BCUT2D eigenvalue weighted by molar-refractivity contribution is 4.96. The number of rotatable bonds is 6. The van der Waals surface area contributed by atoms with Crippen LogP contribution in [0.25, 0.3) is 0 Å². The molecule has 0 unspecified atom stereocenters. The SMILES string of the molecule is COCCNCC1(C(C)C)CC1. The van der Waals surface area contributed by atoms with E-state index in [1.165, 1.54) is 19.4 Å². The van der Waals surface area contributed by atoms with Gasteiger partial charge in [0.15, 0.2) is 0 Å². The Morgan fingerprint density at radius 1 is 1.42 bits per heavy atom.